The van der Waals surface area contributed by atoms with Crippen molar-refractivity contribution in [3.8, 4) is 0 Å². The number of carbonyl (C=O) groups excluding carboxylic acids is 3. The topological polar surface area (TPSA) is 66.5 Å². The number of carbonyl (C=O) groups is 3. The molecule has 0 bridgehead atoms. The molecule has 3 aromatic carbocycles. The minimum Gasteiger partial charge on any atom is -0.352 e. The first-order valence-corrected chi connectivity index (χ1v) is 14.1. The van der Waals surface area contributed by atoms with Gasteiger partial charge in [-0.2, -0.15) is 0 Å². The van der Waals surface area contributed by atoms with Crippen LogP contribution in [0.1, 0.15) is 31.2 Å². The third-order valence-corrected chi connectivity index (χ3v) is 9.50. The van der Waals surface area contributed by atoms with Crippen LogP contribution < -0.4 is 10.2 Å². The second kappa shape index (κ2) is 8.91. The molecule has 0 radical (unpaired) electrons. The number of Topliss-reactive ketones (excluding diaryl/α,β-unsaturated/α-hetero) is 2. The highest BCUT2D eigenvalue weighted by molar-refractivity contribution is 7.12. The minimum atomic E-state index is -1.38. The first kappa shape index (κ1) is 24.3. The van der Waals surface area contributed by atoms with E-state index in [9.17, 15) is 14.4 Å². The molecule has 4 heterocycles. The summed E-state index contributed by atoms with van der Waals surface area (Å²) in [7, 11) is 0. The highest BCUT2D eigenvalue weighted by Crippen LogP contribution is 2.58. The van der Waals surface area contributed by atoms with E-state index in [1.807, 2.05) is 64.9 Å². The Hall–Kier alpha value is -3.71. The Morgan fingerprint density at radius 2 is 1.72 bits per heavy atom. The van der Waals surface area contributed by atoms with Crippen LogP contribution in [0.4, 0.5) is 11.4 Å². The van der Waals surface area contributed by atoms with Gasteiger partial charge in [-0.3, -0.25) is 14.4 Å². The van der Waals surface area contributed by atoms with E-state index in [1.165, 1.54) is 11.3 Å². The number of nitrogens with one attached hydrogen (secondary N) is 1. The van der Waals surface area contributed by atoms with E-state index in [4.69, 9.17) is 23.2 Å². The number of fused-ring (bicyclic) bond motifs is 6. The Bertz CT molecular complexity index is 1720. The largest absolute Gasteiger partial charge is 0.352 e. The number of halogens is 2. The van der Waals surface area contributed by atoms with Crippen molar-refractivity contribution in [1.29, 1.82) is 0 Å². The van der Waals surface area contributed by atoms with Crippen molar-refractivity contribution in [2.75, 3.05) is 10.2 Å². The zero-order valence-corrected chi connectivity index (χ0v) is 22.6. The summed E-state index contributed by atoms with van der Waals surface area (Å²) >= 11 is 14.2. The number of ketones is 2. The van der Waals surface area contributed by atoms with Gasteiger partial charge >= 0.3 is 0 Å². The summed E-state index contributed by atoms with van der Waals surface area (Å²) in [4.78, 5) is 45.9. The Morgan fingerprint density at radius 3 is 2.51 bits per heavy atom. The van der Waals surface area contributed by atoms with Crippen LogP contribution in [0.5, 0.6) is 0 Å². The maximum absolute atomic E-state index is 14.7. The molecule has 3 aliphatic heterocycles. The Kier molecular flexibility index (Phi) is 5.56. The fraction of sp³-hybridized carbons (Fsp3) is 0.129. The molecule has 192 valence electrons. The minimum absolute atomic E-state index is 0.217. The Labute approximate surface area is 238 Å². The molecule has 1 saturated heterocycles. The highest BCUT2D eigenvalue weighted by atomic mass is 35.5. The van der Waals surface area contributed by atoms with Crippen LogP contribution in [0.3, 0.4) is 0 Å². The summed E-state index contributed by atoms with van der Waals surface area (Å²) in [6.45, 7) is 0. The molecule has 1 fully saturated rings. The van der Waals surface area contributed by atoms with Gasteiger partial charge in [0.1, 0.15) is 11.5 Å². The average Bonchev–Trinajstić information content (AvgIpc) is 3.65. The van der Waals surface area contributed by atoms with E-state index in [1.54, 1.807) is 36.4 Å². The van der Waals surface area contributed by atoms with Crippen LogP contribution in [0.2, 0.25) is 10.0 Å². The molecule has 3 aliphatic rings. The first-order chi connectivity index (χ1) is 18.9. The second-order valence-corrected chi connectivity index (χ2v) is 11.7. The molecule has 1 amide bonds. The lowest BCUT2D eigenvalue weighted by Gasteiger charge is -2.37. The number of benzene rings is 3. The summed E-state index contributed by atoms with van der Waals surface area (Å²) in [6.07, 6.45) is 3.85. The van der Waals surface area contributed by atoms with Crippen LogP contribution in [-0.2, 0) is 10.2 Å². The number of hydrogen-bond donors (Lipinski definition) is 1. The van der Waals surface area contributed by atoms with Gasteiger partial charge < -0.3 is 10.2 Å². The molecule has 4 atom stereocenters. The van der Waals surface area contributed by atoms with Crippen LogP contribution in [0.25, 0.3) is 6.08 Å². The molecule has 0 unspecified atom stereocenters. The van der Waals surface area contributed by atoms with Gasteiger partial charge in [0.05, 0.1) is 21.9 Å². The SMILES string of the molecule is O=C(c1cccs1)[C@@H]1[C@H](C(=O)c2ccccc2Cl)[C@]2(C(=O)Nc3ccccc32)[C@H]2C=Cc3cc(Cl)ccc3N12. The van der Waals surface area contributed by atoms with E-state index in [-0.39, 0.29) is 28.1 Å². The number of hydrogen-bond acceptors (Lipinski definition) is 5. The molecular formula is C31H20Cl2N2O3S. The lowest BCUT2D eigenvalue weighted by atomic mass is 9.64. The van der Waals surface area contributed by atoms with Gasteiger partial charge in [0, 0.05) is 22.0 Å². The van der Waals surface area contributed by atoms with Crippen LogP contribution in [0.15, 0.2) is 90.3 Å². The normalized spacial score (nSPS) is 24.3. The predicted octanol–water partition coefficient (Wildman–Crippen LogP) is 6.91. The van der Waals surface area contributed by atoms with Crippen LogP contribution >= 0.6 is 34.5 Å². The summed E-state index contributed by atoms with van der Waals surface area (Å²) < 4.78 is 0. The van der Waals surface area contributed by atoms with E-state index in [2.05, 4.69) is 5.32 Å². The fourth-order valence-electron chi connectivity index (χ4n) is 6.54. The van der Waals surface area contributed by atoms with Crippen molar-refractivity contribution in [3.63, 3.8) is 0 Å². The average molecular weight is 571 g/mol. The van der Waals surface area contributed by atoms with Crippen molar-refractivity contribution in [2.45, 2.75) is 17.5 Å². The van der Waals surface area contributed by atoms with Crippen molar-refractivity contribution in [2.24, 2.45) is 5.92 Å². The summed E-state index contributed by atoms with van der Waals surface area (Å²) in [5.74, 6) is -1.94. The van der Waals surface area contributed by atoms with E-state index in [0.29, 0.717) is 21.2 Å². The fourth-order valence-corrected chi connectivity index (χ4v) is 7.65. The van der Waals surface area contributed by atoms with Gasteiger partial charge in [-0.15, -0.1) is 11.3 Å². The number of amides is 1. The first-order valence-electron chi connectivity index (χ1n) is 12.5. The third kappa shape index (κ3) is 3.35. The van der Waals surface area contributed by atoms with Gasteiger partial charge in [-0.25, -0.2) is 0 Å². The van der Waals surface area contributed by atoms with Crippen molar-refractivity contribution in [1.82, 2.24) is 0 Å². The number of rotatable bonds is 4. The lowest BCUT2D eigenvalue weighted by molar-refractivity contribution is -0.121. The molecule has 1 spiro atoms. The van der Waals surface area contributed by atoms with Gasteiger partial charge in [-0.1, -0.05) is 71.8 Å². The standard InChI is InChI=1S/C31H20Cl2N2O3S/c32-18-12-13-23-17(16-18)11-14-25-31(20-7-2-4-9-22(20)34-30(31)38)26(28(36)19-6-1-3-8-21(19)33)27(35(23)25)29(37)24-10-5-15-39-24/h1-16,25-27H,(H,34,38)/t25-,26-,27+,31-/m1/s1. The Morgan fingerprint density at radius 1 is 0.923 bits per heavy atom. The van der Waals surface area contributed by atoms with E-state index < -0.39 is 23.4 Å². The van der Waals surface area contributed by atoms with Gasteiger partial charge in [-0.05, 0) is 59.0 Å². The zero-order valence-electron chi connectivity index (χ0n) is 20.3. The smallest absolute Gasteiger partial charge is 0.238 e. The summed E-state index contributed by atoms with van der Waals surface area (Å²) in [6, 6.07) is 21.7. The molecule has 1 N–H and O–H groups in total. The lowest BCUT2D eigenvalue weighted by Crippen LogP contribution is -2.51. The Balaban J connectivity index is 1.56. The maximum Gasteiger partial charge on any atom is 0.238 e. The molecule has 7 rings (SSSR count). The molecule has 4 aromatic rings. The predicted molar refractivity (Wildman–Crippen MR) is 155 cm³/mol. The molecule has 39 heavy (non-hydrogen) atoms. The van der Waals surface area contributed by atoms with Gasteiger partial charge in [0.2, 0.25) is 5.91 Å². The monoisotopic (exact) mass is 570 g/mol. The quantitative estimate of drug-likeness (QED) is 0.271. The summed E-state index contributed by atoms with van der Waals surface area (Å²) in [5.41, 5.74) is 1.80. The second-order valence-electron chi connectivity index (χ2n) is 9.89. The van der Waals surface area contributed by atoms with Crippen molar-refractivity contribution < 1.29 is 14.4 Å². The molecule has 1 aromatic heterocycles. The third-order valence-electron chi connectivity index (χ3n) is 8.05. The van der Waals surface area contributed by atoms with Gasteiger partial charge in [0.25, 0.3) is 0 Å². The highest BCUT2D eigenvalue weighted by Gasteiger charge is 2.70. The maximum atomic E-state index is 14.7. The zero-order chi connectivity index (χ0) is 26.9. The molecular weight excluding hydrogens is 551 g/mol. The summed E-state index contributed by atoms with van der Waals surface area (Å²) in [5, 5.41) is 5.69. The number of anilines is 2. The van der Waals surface area contributed by atoms with Crippen LogP contribution in [0, 0.1) is 5.92 Å². The number of thiophene rings is 1. The van der Waals surface area contributed by atoms with Crippen molar-refractivity contribution >= 4 is 69.5 Å². The molecule has 8 heteroatoms. The molecule has 0 aliphatic carbocycles. The number of para-hydroxylation sites is 1. The van der Waals surface area contributed by atoms with E-state index in [0.717, 1.165) is 11.3 Å². The molecule has 5 nitrogen and oxygen atoms in total. The molecule has 0 saturated carbocycles. The number of nitrogens with zero attached hydrogens (tertiary/aromatic N) is 1. The van der Waals surface area contributed by atoms with Crippen LogP contribution in [-0.4, -0.2) is 29.6 Å². The van der Waals surface area contributed by atoms with E-state index >= 15 is 0 Å². The van der Waals surface area contributed by atoms with Gasteiger partial charge in [0.15, 0.2) is 11.6 Å². The van der Waals surface area contributed by atoms with Crippen molar-refractivity contribution in [3.05, 3.63) is 122 Å².